The highest BCUT2D eigenvalue weighted by molar-refractivity contribution is 5.91. The molecule has 1 aliphatic heterocycles. The van der Waals surface area contributed by atoms with E-state index in [0.29, 0.717) is 38.8 Å². The van der Waals surface area contributed by atoms with Crippen LogP contribution in [0.25, 0.3) is 0 Å². The van der Waals surface area contributed by atoms with Crippen molar-refractivity contribution in [1.29, 1.82) is 0 Å². The van der Waals surface area contributed by atoms with Gasteiger partial charge in [0.15, 0.2) is 13.1 Å². The molecule has 25 heavy (non-hydrogen) atoms. The van der Waals surface area contributed by atoms with Crippen LogP contribution in [0.1, 0.15) is 31.7 Å². The Kier molecular flexibility index (Phi) is 7.40. The molecule has 1 aliphatic rings. The Bertz CT molecular complexity index is 568. The van der Waals surface area contributed by atoms with E-state index >= 15 is 0 Å². The molecule has 6 nitrogen and oxygen atoms in total. The first-order valence-corrected chi connectivity index (χ1v) is 9.06. The van der Waals surface area contributed by atoms with E-state index in [4.69, 9.17) is 4.74 Å². The summed E-state index contributed by atoms with van der Waals surface area (Å²) in [6.45, 7) is 7.41. The van der Waals surface area contributed by atoms with E-state index in [1.807, 2.05) is 19.2 Å². The third kappa shape index (κ3) is 6.14. The predicted molar refractivity (Wildman–Crippen MR) is 97.8 cm³/mol. The van der Waals surface area contributed by atoms with Crippen molar-refractivity contribution in [3.8, 4) is 0 Å². The molecule has 2 rings (SSSR count). The largest absolute Gasteiger partial charge is 0.378 e. The van der Waals surface area contributed by atoms with Gasteiger partial charge in [0.25, 0.3) is 11.8 Å². The van der Waals surface area contributed by atoms with Gasteiger partial charge in [-0.2, -0.15) is 0 Å². The minimum atomic E-state index is -0.0800. The van der Waals surface area contributed by atoms with Crippen LogP contribution >= 0.6 is 0 Å². The number of hydrogen-bond acceptors (Lipinski definition) is 3. The number of carbonyl (C=O) groups excluding carboxylic acids is 2. The van der Waals surface area contributed by atoms with Crippen LogP contribution in [-0.4, -0.2) is 63.2 Å². The number of rotatable bonds is 7. The second-order valence-electron chi connectivity index (χ2n) is 6.78. The first kappa shape index (κ1) is 19.4. The minimum Gasteiger partial charge on any atom is -0.378 e. The average Bonchev–Trinajstić information content (AvgIpc) is 2.62. The van der Waals surface area contributed by atoms with Gasteiger partial charge in [-0.3, -0.25) is 9.59 Å². The van der Waals surface area contributed by atoms with Gasteiger partial charge in [-0.25, -0.2) is 0 Å². The number of likely N-dealkylation sites (N-methyl/N-ethyl adjacent to an activating group) is 1. The van der Waals surface area contributed by atoms with E-state index in [0.717, 1.165) is 17.0 Å². The summed E-state index contributed by atoms with van der Waals surface area (Å²) >= 11 is 0. The van der Waals surface area contributed by atoms with Gasteiger partial charge < -0.3 is 19.9 Å². The summed E-state index contributed by atoms with van der Waals surface area (Å²) in [7, 11) is 1.87. The van der Waals surface area contributed by atoms with Crippen molar-refractivity contribution < 1.29 is 19.2 Å². The Balaban J connectivity index is 1.77. The monoisotopic (exact) mass is 348 g/mol. The Morgan fingerprint density at radius 1 is 1.20 bits per heavy atom. The summed E-state index contributed by atoms with van der Waals surface area (Å²) in [5, 5.41) is 2.91. The third-order valence-corrected chi connectivity index (χ3v) is 4.65. The molecule has 1 aromatic carbocycles. The van der Waals surface area contributed by atoms with Crippen molar-refractivity contribution in [2.75, 3.05) is 51.8 Å². The van der Waals surface area contributed by atoms with Gasteiger partial charge in [0.1, 0.15) is 0 Å². The quantitative estimate of drug-likeness (QED) is 0.755. The number of ether oxygens (including phenoxy) is 1. The van der Waals surface area contributed by atoms with Gasteiger partial charge in [0.2, 0.25) is 0 Å². The number of anilines is 1. The molecule has 2 amide bonds. The molecule has 2 N–H and O–H groups in total. The first-order chi connectivity index (χ1) is 12.0. The summed E-state index contributed by atoms with van der Waals surface area (Å²) in [5.41, 5.74) is 2.07. The topological polar surface area (TPSA) is 63.1 Å². The molecule has 0 bridgehead atoms. The zero-order chi connectivity index (χ0) is 18.2. The fraction of sp³-hybridized carbons (Fsp3) is 0.579. The van der Waals surface area contributed by atoms with Crippen molar-refractivity contribution in [3.63, 3.8) is 0 Å². The first-order valence-electron chi connectivity index (χ1n) is 9.06. The summed E-state index contributed by atoms with van der Waals surface area (Å²) in [6.07, 6.45) is 1.09. The number of benzene rings is 1. The van der Waals surface area contributed by atoms with E-state index in [1.165, 1.54) is 5.56 Å². The van der Waals surface area contributed by atoms with E-state index < -0.39 is 0 Å². The second-order valence-corrected chi connectivity index (χ2v) is 6.78. The molecule has 0 spiro atoms. The van der Waals surface area contributed by atoms with E-state index in [2.05, 4.69) is 31.3 Å². The van der Waals surface area contributed by atoms with Crippen LogP contribution in [0, 0.1) is 0 Å². The van der Waals surface area contributed by atoms with Gasteiger partial charge in [-0.05, 0) is 30.0 Å². The summed E-state index contributed by atoms with van der Waals surface area (Å²) in [5.74, 6) is 0.515. The number of nitrogens with one attached hydrogen (secondary N) is 2. The van der Waals surface area contributed by atoms with E-state index in [-0.39, 0.29) is 18.4 Å². The van der Waals surface area contributed by atoms with Crippen LogP contribution in [-0.2, 0) is 14.3 Å². The number of carbonyl (C=O) groups is 2. The maximum absolute atomic E-state index is 12.2. The number of hydrogen-bond donors (Lipinski definition) is 2. The van der Waals surface area contributed by atoms with Crippen LogP contribution in [0.15, 0.2) is 24.3 Å². The number of nitrogens with zero attached hydrogens (tertiary/aromatic N) is 1. The van der Waals surface area contributed by atoms with Gasteiger partial charge in [0.05, 0.1) is 20.3 Å². The van der Waals surface area contributed by atoms with Crippen LogP contribution in [0.3, 0.4) is 0 Å². The van der Waals surface area contributed by atoms with Gasteiger partial charge in [-0.15, -0.1) is 0 Å². The SMILES string of the molecule is CC[C@@H](C)c1ccc(NC(=O)C[NH+](C)CC(=O)N2CCOCC2)cc1. The molecular formula is C19H30N3O3+. The summed E-state index contributed by atoms with van der Waals surface area (Å²) in [4.78, 5) is 27.1. The molecule has 6 heteroatoms. The molecule has 2 atom stereocenters. The average molecular weight is 348 g/mol. The Morgan fingerprint density at radius 3 is 2.44 bits per heavy atom. The van der Waals surface area contributed by atoms with E-state index in [9.17, 15) is 9.59 Å². The molecule has 0 saturated carbocycles. The fourth-order valence-electron chi connectivity index (χ4n) is 2.86. The molecule has 1 aromatic rings. The molecule has 138 valence electrons. The molecular weight excluding hydrogens is 318 g/mol. The molecule has 1 heterocycles. The van der Waals surface area contributed by atoms with E-state index in [1.54, 1.807) is 4.90 Å². The number of amides is 2. The normalized spacial score (nSPS) is 17.0. The van der Waals surface area contributed by atoms with Gasteiger partial charge >= 0.3 is 0 Å². The molecule has 1 unspecified atom stereocenters. The zero-order valence-corrected chi connectivity index (χ0v) is 15.5. The Labute approximate surface area is 150 Å². The lowest BCUT2D eigenvalue weighted by atomic mass is 9.99. The van der Waals surface area contributed by atoms with Crippen LogP contribution in [0.4, 0.5) is 5.69 Å². The van der Waals surface area contributed by atoms with Crippen molar-refractivity contribution >= 4 is 17.5 Å². The lowest BCUT2D eigenvalue weighted by molar-refractivity contribution is -0.862. The highest BCUT2D eigenvalue weighted by atomic mass is 16.5. The minimum absolute atomic E-state index is 0.0755. The number of morpholine rings is 1. The van der Waals surface area contributed by atoms with Gasteiger partial charge in [0, 0.05) is 18.8 Å². The maximum Gasteiger partial charge on any atom is 0.279 e. The summed E-state index contributed by atoms with van der Waals surface area (Å²) in [6, 6.07) is 7.99. The highest BCUT2D eigenvalue weighted by Gasteiger charge is 2.21. The zero-order valence-electron chi connectivity index (χ0n) is 15.5. The lowest BCUT2D eigenvalue weighted by Crippen LogP contribution is -3.11. The molecule has 0 aromatic heterocycles. The number of quaternary nitrogens is 1. The fourth-order valence-corrected chi connectivity index (χ4v) is 2.86. The summed E-state index contributed by atoms with van der Waals surface area (Å²) < 4.78 is 5.25. The smallest absolute Gasteiger partial charge is 0.279 e. The van der Waals surface area contributed by atoms with Crippen molar-refractivity contribution in [2.24, 2.45) is 0 Å². The third-order valence-electron chi connectivity index (χ3n) is 4.65. The maximum atomic E-state index is 12.2. The van der Waals surface area contributed by atoms with Crippen LogP contribution in [0.5, 0.6) is 0 Å². The standard InChI is InChI=1S/C19H29N3O3/c1-4-15(2)16-5-7-17(8-6-16)20-18(23)13-21(3)14-19(24)22-9-11-25-12-10-22/h5-8,15H,4,9-14H2,1-3H3,(H,20,23)/p+1/t15-/m1/s1. The lowest BCUT2D eigenvalue weighted by Gasteiger charge is -2.27. The van der Waals surface area contributed by atoms with Crippen molar-refractivity contribution in [3.05, 3.63) is 29.8 Å². The van der Waals surface area contributed by atoms with Crippen molar-refractivity contribution in [1.82, 2.24) is 4.90 Å². The van der Waals surface area contributed by atoms with Crippen molar-refractivity contribution in [2.45, 2.75) is 26.2 Å². The van der Waals surface area contributed by atoms with Crippen LogP contribution < -0.4 is 10.2 Å². The van der Waals surface area contributed by atoms with Crippen LogP contribution in [0.2, 0.25) is 0 Å². The molecule has 0 radical (unpaired) electrons. The molecule has 1 fully saturated rings. The Morgan fingerprint density at radius 2 is 1.84 bits per heavy atom. The van der Waals surface area contributed by atoms with Gasteiger partial charge in [-0.1, -0.05) is 26.0 Å². The molecule has 0 aliphatic carbocycles. The molecule has 1 saturated heterocycles. The predicted octanol–water partition coefficient (Wildman–Crippen LogP) is 0.512. The second kappa shape index (κ2) is 9.53. The Hall–Kier alpha value is -1.92. The highest BCUT2D eigenvalue weighted by Crippen LogP contribution is 2.20.